The van der Waals surface area contributed by atoms with Crippen molar-refractivity contribution in [1.82, 2.24) is 34.5 Å². The van der Waals surface area contributed by atoms with Gasteiger partial charge < -0.3 is 4.98 Å². The first-order chi connectivity index (χ1) is 18.6. The molecule has 0 saturated carbocycles. The molecule has 0 bridgehead atoms. The van der Waals surface area contributed by atoms with E-state index in [1.165, 1.54) is 0 Å². The SMILES string of the molecule is Cc1ccnc(-c2[c-]ccc(C(=O)Cl)c2)c1.[Os+].c1ccc(-n2cccn2)nc1.c1ccc(-n2cccn2)nc1. The van der Waals surface area contributed by atoms with Crippen LogP contribution in [0, 0.1) is 13.0 Å². The van der Waals surface area contributed by atoms with Crippen molar-refractivity contribution in [3.05, 3.63) is 139 Å². The largest absolute Gasteiger partial charge is 1.00 e. The summed E-state index contributed by atoms with van der Waals surface area (Å²) >= 11 is 5.42. The van der Waals surface area contributed by atoms with Crippen LogP contribution in [-0.4, -0.2) is 39.8 Å². The number of carbonyl (C=O) groups is 1. The Kier molecular flexibility index (Phi) is 11.4. The van der Waals surface area contributed by atoms with Gasteiger partial charge in [0.2, 0.25) is 5.24 Å². The van der Waals surface area contributed by atoms with Crippen molar-refractivity contribution in [1.29, 1.82) is 0 Å². The van der Waals surface area contributed by atoms with Gasteiger partial charge in [0.05, 0.1) is 0 Å². The molecule has 0 fully saturated rings. The van der Waals surface area contributed by atoms with E-state index in [-0.39, 0.29) is 19.8 Å². The average molecular weight is 711 g/mol. The van der Waals surface area contributed by atoms with E-state index in [0.717, 1.165) is 28.5 Å². The Balaban J connectivity index is 0.000000164. The number of hydrogen-bond donors (Lipinski definition) is 0. The van der Waals surface area contributed by atoms with Crippen LogP contribution in [-0.2, 0) is 19.8 Å². The molecule has 6 rings (SSSR count). The number of nitrogens with zero attached hydrogens (tertiary/aromatic N) is 7. The molecular formula is C29H23ClN7OOs. The number of benzene rings is 1. The van der Waals surface area contributed by atoms with E-state index in [2.05, 4.69) is 31.2 Å². The predicted octanol–water partition coefficient (Wildman–Crippen LogP) is 5.77. The van der Waals surface area contributed by atoms with E-state index < -0.39 is 5.24 Å². The van der Waals surface area contributed by atoms with E-state index in [0.29, 0.717) is 5.56 Å². The minimum Gasteiger partial charge on any atom is -0.305 e. The second-order valence-corrected chi connectivity index (χ2v) is 8.10. The Bertz CT molecular complexity index is 1480. The first kappa shape index (κ1) is 29.2. The van der Waals surface area contributed by atoms with Gasteiger partial charge in [-0.25, -0.2) is 19.3 Å². The van der Waals surface area contributed by atoms with Crippen molar-refractivity contribution in [2.45, 2.75) is 6.92 Å². The number of aromatic nitrogens is 7. The fraction of sp³-hybridized carbons (Fsp3) is 0.0345. The van der Waals surface area contributed by atoms with Gasteiger partial charge in [0, 0.05) is 43.4 Å². The van der Waals surface area contributed by atoms with Gasteiger partial charge in [-0.3, -0.25) is 4.79 Å². The molecule has 0 aliphatic rings. The summed E-state index contributed by atoms with van der Waals surface area (Å²) in [6.07, 6.45) is 12.4. The fourth-order valence-electron chi connectivity index (χ4n) is 3.21. The zero-order valence-electron chi connectivity index (χ0n) is 20.8. The molecule has 0 unspecified atom stereocenters. The topological polar surface area (TPSA) is 91.4 Å². The molecule has 8 nitrogen and oxygen atoms in total. The average Bonchev–Trinajstić information content (AvgIpc) is 3.70. The molecule has 39 heavy (non-hydrogen) atoms. The molecule has 0 N–H and O–H groups in total. The van der Waals surface area contributed by atoms with Crippen LogP contribution in [0.3, 0.4) is 0 Å². The molecule has 1 aromatic carbocycles. The molecule has 1 radical (unpaired) electrons. The standard InChI is InChI=1S/C13H9ClNO.2C8H7N3.Os/c1-9-5-6-15-12(7-9)10-3-2-4-11(8-10)13(14)16;2*1-2-5-9-8(4-1)11-7-3-6-10-11;/h2,4-8H,1H3;2*1-7H;/q-1;;;+1. The van der Waals surface area contributed by atoms with Crippen LogP contribution in [0.2, 0.25) is 0 Å². The molecule has 10 heteroatoms. The van der Waals surface area contributed by atoms with E-state index in [4.69, 9.17) is 11.6 Å². The Morgan fingerprint density at radius 2 is 1.36 bits per heavy atom. The fourth-order valence-corrected chi connectivity index (χ4v) is 3.32. The number of aryl methyl sites for hydroxylation is 1. The summed E-state index contributed by atoms with van der Waals surface area (Å²) in [5.41, 5.74) is 3.13. The Morgan fingerprint density at radius 1 is 0.744 bits per heavy atom. The van der Waals surface area contributed by atoms with Crippen LogP contribution >= 0.6 is 11.6 Å². The molecule has 195 valence electrons. The zero-order chi connectivity index (χ0) is 26.6. The Hall–Kier alpha value is -4.31. The monoisotopic (exact) mass is 712 g/mol. The molecule has 6 aromatic rings. The van der Waals surface area contributed by atoms with Crippen LogP contribution in [0.4, 0.5) is 0 Å². The van der Waals surface area contributed by atoms with Gasteiger partial charge >= 0.3 is 19.8 Å². The number of pyridine rings is 3. The van der Waals surface area contributed by atoms with Crippen LogP contribution in [0.15, 0.2) is 122 Å². The maximum Gasteiger partial charge on any atom is 1.00 e. The van der Waals surface area contributed by atoms with Gasteiger partial charge in [-0.1, -0.05) is 23.8 Å². The maximum atomic E-state index is 11.0. The molecule has 0 saturated heterocycles. The van der Waals surface area contributed by atoms with Crippen molar-refractivity contribution in [3.8, 4) is 22.9 Å². The smallest absolute Gasteiger partial charge is 0.305 e. The Labute approximate surface area is 244 Å². The number of halogens is 1. The van der Waals surface area contributed by atoms with Crippen LogP contribution in [0.25, 0.3) is 22.9 Å². The molecule has 5 heterocycles. The molecule has 0 aliphatic heterocycles. The second kappa shape index (κ2) is 15.2. The third-order valence-corrected chi connectivity index (χ3v) is 5.21. The molecule has 0 atom stereocenters. The van der Waals surface area contributed by atoms with Crippen molar-refractivity contribution in [2.75, 3.05) is 0 Å². The summed E-state index contributed by atoms with van der Waals surface area (Å²) in [6, 6.07) is 27.1. The molecule has 0 aliphatic carbocycles. The van der Waals surface area contributed by atoms with E-state index in [1.807, 2.05) is 80.0 Å². The van der Waals surface area contributed by atoms with Crippen molar-refractivity contribution in [2.24, 2.45) is 0 Å². The van der Waals surface area contributed by atoms with Gasteiger partial charge in [-0.05, 0) is 72.2 Å². The van der Waals surface area contributed by atoms with Crippen LogP contribution in [0.5, 0.6) is 0 Å². The third kappa shape index (κ3) is 8.89. The van der Waals surface area contributed by atoms with Crippen LogP contribution in [0.1, 0.15) is 15.9 Å². The molecule has 0 amide bonds. The first-order valence-corrected chi connectivity index (χ1v) is 11.9. The summed E-state index contributed by atoms with van der Waals surface area (Å²) in [5, 5.41) is 7.61. The summed E-state index contributed by atoms with van der Waals surface area (Å²) < 4.78 is 3.44. The third-order valence-electron chi connectivity index (χ3n) is 5.00. The minimum atomic E-state index is -0.470. The van der Waals surface area contributed by atoms with Crippen molar-refractivity contribution >= 4 is 16.8 Å². The van der Waals surface area contributed by atoms with Crippen molar-refractivity contribution in [3.63, 3.8) is 0 Å². The van der Waals surface area contributed by atoms with E-state index >= 15 is 0 Å². The molecule has 5 aromatic heterocycles. The zero-order valence-corrected chi connectivity index (χ0v) is 24.1. The molecule has 0 spiro atoms. The summed E-state index contributed by atoms with van der Waals surface area (Å²) in [7, 11) is 0. The quantitative estimate of drug-likeness (QED) is 0.171. The van der Waals surface area contributed by atoms with Gasteiger partial charge in [0.25, 0.3) is 0 Å². The van der Waals surface area contributed by atoms with E-state index in [9.17, 15) is 4.79 Å². The van der Waals surface area contributed by atoms with Crippen molar-refractivity contribution < 1.29 is 24.6 Å². The minimum absolute atomic E-state index is 0. The van der Waals surface area contributed by atoms with E-state index in [1.54, 1.807) is 58.5 Å². The van der Waals surface area contributed by atoms with Gasteiger partial charge in [-0.2, -0.15) is 10.2 Å². The molecular weight excluding hydrogens is 688 g/mol. The number of rotatable bonds is 4. The first-order valence-electron chi connectivity index (χ1n) is 11.6. The summed E-state index contributed by atoms with van der Waals surface area (Å²) in [5.74, 6) is 1.69. The second-order valence-electron chi connectivity index (χ2n) is 7.76. The number of carbonyl (C=O) groups excluding carboxylic acids is 1. The van der Waals surface area contributed by atoms with Gasteiger partial charge in [0.15, 0.2) is 11.6 Å². The summed E-state index contributed by atoms with van der Waals surface area (Å²) in [4.78, 5) is 23.5. The Morgan fingerprint density at radius 3 is 1.82 bits per heavy atom. The summed E-state index contributed by atoms with van der Waals surface area (Å²) in [6.45, 7) is 1.99. The van der Waals surface area contributed by atoms with Crippen LogP contribution < -0.4 is 0 Å². The number of hydrogen-bond acceptors (Lipinski definition) is 6. The van der Waals surface area contributed by atoms with Gasteiger partial charge in [-0.15, -0.1) is 29.8 Å². The normalized spacial score (nSPS) is 9.69. The predicted molar refractivity (Wildman–Crippen MR) is 146 cm³/mol. The maximum absolute atomic E-state index is 11.0. The van der Waals surface area contributed by atoms with Gasteiger partial charge in [0.1, 0.15) is 0 Å².